The van der Waals surface area contributed by atoms with E-state index in [9.17, 15) is 4.79 Å². The van der Waals surface area contributed by atoms with Crippen LogP contribution in [0.2, 0.25) is 0 Å². The molecule has 8 nitrogen and oxygen atoms in total. The molecule has 138 valence electrons. The molecule has 0 unspecified atom stereocenters. The van der Waals surface area contributed by atoms with E-state index in [0.717, 1.165) is 28.5 Å². The number of aromatic nitrogens is 4. The zero-order valence-corrected chi connectivity index (χ0v) is 15.2. The molecule has 27 heavy (non-hydrogen) atoms. The molecule has 4 rings (SSSR count). The van der Waals surface area contributed by atoms with E-state index in [-0.39, 0.29) is 11.9 Å². The first-order chi connectivity index (χ1) is 13.0. The fourth-order valence-electron chi connectivity index (χ4n) is 3.22. The molecule has 0 saturated heterocycles. The number of carbonyl (C=O) groups is 1. The summed E-state index contributed by atoms with van der Waals surface area (Å²) in [5, 5.41) is 0. The fourth-order valence-corrected chi connectivity index (χ4v) is 3.22. The van der Waals surface area contributed by atoms with Gasteiger partial charge in [-0.15, -0.1) is 0 Å². The Morgan fingerprint density at radius 2 is 2.04 bits per heavy atom. The Balaban J connectivity index is 1.56. The van der Waals surface area contributed by atoms with Crippen molar-refractivity contribution in [2.75, 3.05) is 19.4 Å². The second-order valence-corrected chi connectivity index (χ2v) is 6.44. The van der Waals surface area contributed by atoms with Crippen LogP contribution in [-0.2, 0) is 13.0 Å². The van der Waals surface area contributed by atoms with Crippen LogP contribution < -0.4 is 10.5 Å². The molecule has 0 bridgehead atoms. The summed E-state index contributed by atoms with van der Waals surface area (Å²) < 4.78 is 5.19. The fraction of sp³-hybridized carbons (Fsp3) is 0.263. The van der Waals surface area contributed by atoms with Gasteiger partial charge < -0.3 is 20.4 Å². The van der Waals surface area contributed by atoms with Gasteiger partial charge in [0.25, 0.3) is 5.91 Å². The van der Waals surface area contributed by atoms with Crippen molar-refractivity contribution in [3.63, 3.8) is 0 Å². The summed E-state index contributed by atoms with van der Waals surface area (Å²) in [4.78, 5) is 30.7. The highest BCUT2D eigenvalue weighted by atomic mass is 16.5. The van der Waals surface area contributed by atoms with Crippen LogP contribution in [0.3, 0.4) is 0 Å². The number of anilines is 1. The zero-order chi connectivity index (χ0) is 19.0. The number of rotatable bonds is 3. The summed E-state index contributed by atoms with van der Waals surface area (Å²) in [7, 11) is 1.64. The van der Waals surface area contributed by atoms with Gasteiger partial charge in [-0.3, -0.25) is 4.79 Å². The molecule has 3 heterocycles. The number of carbonyl (C=O) groups excluding carboxylic acids is 1. The third kappa shape index (κ3) is 3.21. The van der Waals surface area contributed by atoms with E-state index < -0.39 is 0 Å². The maximum Gasteiger partial charge on any atom is 0.257 e. The number of nitrogens with one attached hydrogen (secondary N) is 1. The van der Waals surface area contributed by atoms with Gasteiger partial charge in [-0.2, -0.15) is 0 Å². The molecule has 3 aromatic rings. The van der Waals surface area contributed by atoms with Gasteiger partial charge in [-0.25, -0.2) is 15.0 Å². The Morgan fingerprint density at radius 1 is 1.26 bits per heavy atom. The number of aryl methyl sites for hydroxylation is 1. The van der Waals surface area contributed by atoms with Crippen LogP contribution in [0.5, 0.6) is 5.75 Å². The van der Waals surface area contributed by atoms with Crippen molar-refractivity contribution in [3.8, 4) is 17.1 Å². The highest BCUT2D eigenvalue weighted by molar-refractivity contribution is 5.95. The van der Waals surface area contributed by atoms with E-state index in [0.29, 0.717) is 30.8 Å². The number of hydrogen-bond acceptors (Lipinski definition) is 6. The first-order valence-electron chi connectivity index (χ1n) is 8.65. The van der Waals surface area contributed by atoms with E-state index in [2.05, 4.69) is 15.0 Å². The lowest BCUT2D eigenvalue weighted by molar-refractivity contribution is 0.0730. The molecule has 8 heteroatoms. The lowest BCUT2D eigenvalue weighted by atomic mass is 10.1. The predicted octanol–water partition coefficient (Wildman–Crippen LogP) is 1.96. The molecular formula is C19H20N6O2. The number of amides is 1. The number of fused-ring (bicyclic) bond motifs is 1. The van der Waals surface area contributed by atoms with Gasteiger partial charge in [0.1, 0.15) is 11.6 Å². The molecule has 2 aromatic heterocycles. The van der Waals surface area contributed by atoms with Crippen molar-refractivity contribution in [2.45, 2.75) is 19.9 Å². The second kappa shape index (κ2) is 6.71. The van der Waals surface area contributed by atoms with E-state index in [1.807, 2.05) is 24.3 Å². The van der Waals surface area contributed by atoms with E-state index in [4.69, 9.17) is 15.5 Å². The SMILES string of the molecule is COc1ccc(-c2nc3c([nH]2)CN(C(=O)c2cnc(N)nc2C)CC3)cc1. The van der Waals surface area contributed by atoms with Crippen LogP contribution in [0.1, 0.15) is 27.4 Å². The number of benzene rings is 1. The standard InChI is InChI=1S/C19H20N6O2/c1-11-14(9-21-19(20)22-11)18(26)25-8-7-15-16(10-25)24-17(23-15)12-3-5-13(27-2)6-4-12/h3-6,9H,7-8,10H2,1-2H3,(H,23,24)(H2,20,21,22). The summed E-state index contributed by atoms with van der Waals surface area (Å²) >= 11 is 0. The molecule has 0 atom stereocenters. The van der Waals surface area contributed by atoms with Crippen LogP contribution in [0.25, 0.3) is 11.4 Å². The average molecular weight is 364 g/mol. The third-order valence-corrected chi connectivity index (χ3v) is 4.71. The van der Waals surface area contributed by atoms with Gasteiger partial charge in [0.15, 0.2) is 0 Å². The smallest absolute Gasteiger partial charge is 0.257 e. The Labute approximate surface area is 156 Å². The van der Waals surface area contributed by atoms with Crippen LogP contribution in [0, 0.1) is 6.92 Å². The molecule has 0 spiro atoms. The van der Waals surface area contributed by atoms with Crippen molar-refractivity contribution in [2.24, 2.45) is 0 Å². The molecule has 1 aromatic carbocycles. The van der Waals surface area contributed by atoms with Gasteiger partial charge in [-0.1, -0.05) is 0 Å². The number of aromatic amines is 1. The Kier molecular flexibility index (Phi) is 4.23. The monoisotopic (exact) mass is 364 g/mol. The summed E-state index contributed by atoms with van der Waals surface area (Å²) in [6.07, 6.45) is 2.19. The first-order valence-corrected chi connectivity index (χ1v) is 8.65. The Morgan fingerprint density at radius 3 is 2.74 bits per heavy atom. The second-order valence-electron chi connectivity index (χ2n) is 6.44. The zero-order valence-electron chi connectivity index (χ0n) is 15.2. The molecule has 0 aliphatic carbocycles. The summed E-state index contributed by atoms with van der Waals surface area (Å²) in [5.41, 5.74) is 9.56. The molecule has 1 amide bonds. The Hall–Kier alpha value is -3.42. The van der Waals surface area contributed by atoms with E-state index >= 15 is 0 Å². The van der Waals surface area contributed by atoms with Crippen LogP contribution in [0.15, 0.2) is 30.5 Å². The lowest BCUT2D eigenvalue weighted by Crippen LogP contribution is -2.36. The van der Waals surface area contributed by atoms with Gasteiger partial charge in [-0.05, 0) is 31.2 Å². The van der Waals surface area contributed by atoms with Gasteiger partial charge in [0, 0.05) is 24.7 Å². The number of H-pyrrole nitrogens is 1. The van der Waals surface area contributed by atoms with Crippen LogP contribution in [0.4, 0.5) is 5.95 Å². The number of ether oxygens (including phenoxy) is 1. The minimum Gasteiger partial charge on any atom is -0.497 e. The number of nitrogens with zero attached hydrogens (tertiary/aromatic N) is 4. The minimum absolute atomic E-state index is 0.0984. The number of methoxy groups -OCH3 is 1. The minimum atomic E-state index is -0.0984. The maximum absolute atomic E-state index is 12.8. The predicted molar refractivity (Wildman–Crippen MR) is 100 cm³/mol. The van der Waals surface area contributed by atoms with E-state index in [1.165, 1.54) is 6.20 Å². The quantitative estimate of drug-likeness (QED) is 0.735. The highest BCUT2D eigenvalue weighted by Crippen LogP contribution is 2.25. The molecule has 0 saturated carbocycles. The summed E-state index contributed by atoms with van der Waals surface area (Å²) in [5.74, 6) is 1.67. The molecule has 1 aliphatic heterocycles. The van der Waals surface area contributed by atoms with Crippen LogP contribution >= 0.6 is 0 Å². The summed E-state index contributed by atoms with van der Waals surface area (Å²) in [6.45, 7) is 2.84. The molecule has 1 aliphatic rings. The van der Waals surface area contributed by atoms with Gasteiger partial charge >= 0.3 is 0 Å². The van der Waals surface area contributed by atoms with Crippen molar-refractivity contribution in [3.05, 3.63) is 53.1 Å². The van der Waals surface area contributed by atoms with Crippen molar-refractivity contribution >= 4 is 11.9 Å². The highest BCUT2D eigenvalue weighted by Gasteiger charge is 2.26. The molecule has 3 N–H and O–H groups in total. The average Bonchev–Trinajstić information content (AvgIpc) is 3.11. The van der Waals surface area contributed by atoms with Crippen LogP contribution in [-0.4, -0.2) is 44.4 Å². The lowest BCUT2D eigenvalue weighted by Gasteiger charge is -2.26. The molecule has 0 radical (unpaired) electrons. The number of nitrogens with two attached hydrogens (primary N) is 1. The van der Waals surface area contributed by atoms with Crippen molar-refractivity contribution < 1.29 is 9.53 Å². The van der Waals surface area contributed by atoms with E-state index in [1.54, 1.807) is 18.9 Å². The topological polar surface area (TPSA) is 110 Å². The maximum atomic E-state index is 12.8. The number of hydrogen-bond donors (Lipinski definition) is 2. The van der Waals surface area contributed by atoms with Crippen molar-refractivity contribution in [1.82, 2.24) is 24.8 Å². The van der Waals surface area contributed by atoms with Gasteiger partial charge in [0.05, 0.1) is 36.3 Å². The third-order valence-electron chi connectivity index (χ3n) is 4.71. The Bertz CT molecular complexity index is 996. The first kappa shape index (κ1) is 17.0. The number of nitrogen functional groups attached to an aromatic ring is 1. The molecular weight excluding hydrogens is 344 g/mol. The summed E-state index contributed by atoms with van der Waals surface area (Å²) in [6, 6.07) is 7.72. The molecule has 0 fully saturated rings. The largest absolute Gasteiger partial charge is 0.497 e. The van der Waals surface area contributed by atoms with Crippen molar-refractivity contribution in [1.29, 1.82) is 0 Å². The normalized spacial score (nSPS) is 13.3. The van der Waals surface area contributed by atoms with Gasteiger partial charge in [0.2, 0.25) is 5.95 Å². The number of imidazole rings is 1.